The third-order valence-electron chi connectivity index (χ3n) is 4.05. The summed E-state index contributed by atoms with van der Waals surface area (Å²) in [4.78, 5) is 47.2. The van der Waals surface area contributed by atoms with Crippen molar-refractivity contribution in [2.75, 3.05) is 18.7 Å². The van der Waals surface area contributed by atoms with Crippen LogP contribution in [0.4, 0.5) is 5.69 Å². The van der Waals surface area contributed by atoms with E-state index in [2.05, 4.69) is 5.32 Å². The zero-order valence-electron chi connectivity index (χ0n) is 15.3. The summed E-state index contributed by atoms with van der Waals surface area (Å²) >= 11 is 1.06. The van der Waals surface area contributed by atoms with Gasteiger partial charge in [-0.25, -0.2) is 0 Å². The van der Waals surface area contributed by atoms with Crippen molar-refractivity contribution in [1.82, 2.24) is 4.57 Å². The first-order valence-corrected chi connectivity index (χ1v) is 9.28. The quantitative estimate of drug-likeness (QED) is 0.550. The van der Waals surface area contributed by atoms with Crippen LogP contribution in [0.2, 0.25) is 0 Å². The number of Topliss-reactive ketones (excluding diaryl/α,β-unsaturated/α-hetero) is 1. The van der Waals surface area contributed by atoms with E-state index in [-0.39, 0.29) is 41.7 Å². The Hall–Kier alpha value is -3.14. The fraction of sp³-hybridized carbons (Fsp3) is 0.333. The molecule has 3 rings (SSSR count). The summed E-state index contributed by atoms with van der Waals surface area (Å²) in [6.07, 6.45) is -0.0342. The van der Waals surface area contributed by atoms with E-state index >= 15 is 0 Å². The molecule has 0 bridgehead atoms. The molecule has 1 aromatic carbocycles. The summed E-state index contributed by atoms with van der Waals surface area (Å²) in [6.45, 7) is 2.85. The Morgan fingerprint density at radius 1 is 1.25 bits per heavy atom. The molecule has 10 heteroatoms. The molecule has 0 fully saturated rings. The van der Waals surface area contributed by atoms with Crippen LogP contribution < -0.4 is 19.7 Å². The second-order valence-electron chi connectivity index (χ2n) is 6.06. The second kappa shape index (κ2) is 8.26. The molecule has 28 heavy (non-hydrogen) atoms. The number of nitrogens with zero attached hydrogens (tertiary/aromatic N) is 1. The highest BCUT2D eigenvalue weighted by molar-refractivity contribution is 7.07. The van der Waals surface area contributed by atoms with Gasteiger partial charge in [0, 0.05) is 29.2 Å². The van der Waals surface area contributed by atoms with Gasteiger partial charge in [0.2, 0.25) is 6.79 Å². The molecule has 1 N–H and O–H groups in total. The van der Waals surface area contributed by atoms with Crippen LogP contribution in [0.5, 0.6) is 11.5 Å². The molecule has 1 aliphatic heterocycles. The number of carbonyl (C=O) groups is 3. The Balaban J connectivity index is 1.55. The predicted octanol–water partition coefficient (Wildman–Crippen LogP) is 1.72. The smallest absolute Gasteiger partial charge is 0.308 e. The van der Waals surface area contributed by atoms with Gasteiger partial charge in [-0.3, -0.25) is 19.2 Å². The standard InChI is InChI=1S/C18H18N2O7S/c1-10-8-28-18(24)20(10)4-3-17(23)25-7-16(22)19-13-6-15-14(26-9-27-15)5-12(13)11(2)21/h5-6,8H,3-4,7,9H2,1-2H3,(H,19,22). The van der Waals surface area contributed by atoms with Crippen LogP contribution in [0.1, 0.15) is 29.4 Å². The molecule has 9 nitrogen and oxygen atoms in total. The topological polar surface area (TPSA) is 113 Å². The molecule has 2 heterocycles. The van der Waals surface area contributed by atoms with Gasteiger partial charge in [-0.15, -0.1) is 0 Å². The predicted molar refractivity (Wildman–Crippen MR) is 100 cm³/mol. The van der Waals surface area contributed by atoms with E-state index in [0.29, 0.717) is 11.5 Å². The first-order chi connectivity index (χ1) is 13.3. The molecule has 1 amide bonds. The zero-order valence-corrected chi connectivity index (χ0v) is 16.1. The van der Waals surface area contributed by atoms with E-state index in [0.717, 1.165) is 17.0 Å². The van der Waals surface area contributed by atoms with E-state index in [1.165, 1.54) is 23.6 Å². The molecule has 148 valence electrons. The summed E-state index contributed by atoms with van der Waals surface area (Å²) < 4.78 is 16.9. The molecular weight excluding hydrogens is 388 g/mol. The Bertz CT molecular complexity index is 992. The van der Waals surface area contributed by atoms with E-state index in [1.54, 1.807) is 12.3 Å². The average Bonchev–Trinajstić information content (AvgIpc) is 3.23. The summed E-state index contributed by atoms with van der Waals surface area (Å²) in [6, 6.07) is 2.98. The molecule has 2 aromatic rings. The Kier molecular flexibility index (Phi) is 5.78. The van der Waals surface area contributed by atoms with Crippen LogP contribution in [0, 0.1) is 6.92 Å². The summed E-state index contributed by atoms with van der Waals surface area (Å²) in [5.41, 5.74) is 1.27. The largest absolute Gasteiger partial charge is 0.456 e. The fourth-order valence-corrected chi connectivity index (χ4v) is 3.38. The molecule has 1 aromatic heterocycles. The first kappa shape index (κ1) is 19.6. The minimum absolute atomic E-state index is 0.0342. The summed E-state index contributed by atoms with van der Waals surface area (Å²) in [7, 11) is 0. The number of hydrogen-bond acceptors (Lipinski definition) is 8. The van der Waals surface area contributed by atoms with Gasteiger partial charge < -0.3 is 24.1 Å². The number of aryl methyl sites for hydroxylation is 1. The minimum atomic E-state index is -0.606. The van der Waals surface area contributed by atoms with Crippen molar-refractivity contribution in [2.45, 2.75) is 26.8 Å². The minimum Gasteiger partial charge on any atom is -0.456 e. The average molecular weight is 406 g/mol. The van der Waals surface area contributed by atoms with Crippen LogP contribution in [0.25, 0.3) is 0 Å². The zero-order chi connectivity index (χ0) is 20.3. The SMILES string of the molecule is CC(=O)c1cc2c(cc1NC(=O)COC(=O)CCn1c(C)csc1=O)OCO2. The van der Waals surface area contributed by atoms with Crippen molar-refractivity contribution >= 4 is 34.7 Å². The number of benzene rings is 1. The molecule has 0 unspecified atom stereocenters. The van der Waals surface area contributed by atoms with Crippen molar-refractivity contribution in [1.29, 1.82) is 0 Å². The highest BCUT2D eigenvalue weighted by atomic mass is 32.1. The van der Waals surface area contributed by atoms with E-state index in [4.69, 9.17) is 14.2 Å². The highest BCUT2D eigenvalue weighted by Crippen LogP contribution is 2.37. The molecule has 0 saturated carbocycles. The van der Waals surface area contributed by atoms with Crippen molar-refractivity contribution in [3.8, 4) is 11.5 Å². The van der Waals surface area contributed by atoms with Gasteiger partial charge in [-0.2, -0.15) is 0 Å². The van der Waals surface area contributed by atoms with E-state index < -0.39 is 18.5 Å². The van der Waals surface area contributed by atoms with Gasteiger partial charge in [0.1, 0.15) is 0 Å². The van der Waals surface area contributed by atoms with Crippen LogP contribution in [0.15, 0.2) is 22.3 Å². The number of nitrogens with one attached hydrogen (secondary N) is 1. The van der Waals surface area contributed by atoms with Crippen LogP contribution in [0.3, 0.4) is 0 Å². The van der Waals surface area contributed by atoms with Crippen molar-refractivity contribution in [3.63, 3.8) is 0 Å². The number of hydrogen-bond donors (Lipinski definition) is 1. The molecule has 0 aliphatic carbocycles. The molecule has 0 saturated heterocycles. The number of anilines is 1. The number of aromatic nitrogens is 1. The van der Waals surface area contributed by atoms with Gasteiger partial charge in [0.15, 0.2) is 23.9 Å². The summed E-state index contributed by atoms with van der Waals surface area (Å²) in [5.74, 6) is -0.631. The van der Waals surface area contributed by atoms with Gasteiger partial charge >= 0.3 is 10.8 Å². The molecular formula is C18H18N2O7S. The monoisotopic (exact) mass is 406 g/mol. The third kappa shape index (κ3) is 4.39. The number of rotatable bonds is 7. The lowest BCUT2D eigenvalue weighted by molar-refractivity contribution is -0.147. The normalized spacial score (nSPS) is 11.9. The highest BCUT2D eigenvalue weighted by Gasteiger charge is 2.20. The lowest BCUT2D eigenvalue weighted by atomic mass is 10.1. The van der Waals surface area contributed by atoms with Crippen LogP contribution in [-0.4, -0.2) is 35.6 Å². The first-order valence-electron chi connectivity index (χ1n) is 8.40. The number of thiazole rings is 1. The number of ether oxygens (including phenoxy) is 3. The molecule has 1 aliphatic rings. The van der Waals surface area contributed by atoms with Crippen molar-refractivity contribution in [3.05, 3.63) is 38.4 Å². The van der Waals surface area contributed by atoms with Gasteiger partial charge in [-0.1, -0.05) is 11.3 Å². The lowest BCUT2D eigenvalue weighted by Crippen LogP contribution is -2.23. The second-order valence-corrected chi connectivity index (χ2v) is 6.88. The van der Waals surface area contributed by atoms with Crippen LogP contribution >= 0.6 is 11.3 Å². The number of esters is 1. The van der Waals surface area contributed by atoms with Crippen LogP contribution in [-0.2, 0) is 20.9 Å². The Morgan fingerprint density at radius 3 is 2.61 bits per heavy atom. The number of ketones is 1. The summed E-state index contributed by atoms with van der Waals surface area (Å²) in [5, 5.41) is 4.25. The number of fused-ring (bicyclic) bond motifs is 1. The van der Waals surface area contributed by atoms with Gasteiger partial charge in [0.05, 0.1) is 12.1 Å². The van der Waals surface area contributed by atoms with Crippen molar-refractivity contribution in [2.24, 2.45) is 0 Å². The van der Waals surface area contributed by atoms with E-state index in [9.17, 15) is 19.2 Å². The fourth-order valence-electron chi connectivity index (χ4n) is 2.62. The van der Waals surface area contributed by atoms with Crippen molar-refractivity contribution < 1.29 is 28.6 Å². The third-order valence-corrected chi connectivity index (χ3v) is 4.93. The maximum absolute atomic E-state index is 12.1. The Morgan fingerprint density at radius 2 is 1.96 bits per heavy atom. The maximum atomic E-state index is 12.1. The molecule has 0 atom stereocenters. The number of amides is 1. The van der Waals surface area contributed by atoms with Gasteiger partial charge in [-0.05, 0) is 19.9 Å². The molecule has 0 spiro atoms. The Labute approximate surface area is 163 Å². The maximum Gasteiger partial charge on any atom is 0.308 e. The molecule has 0 radical (unpaired) electrons. The number of carbonyl (C=O) groups excluding carboxylic acids is 3. The van der Waals surface area contributed by atoms with E-state index in [1.807, 2.05) is 0 Å². The lowest BCUT2D eigenvalue weighted by Gasteiger charge is -2.11. The van der Waals surface area contributed by atoms with Gasteiger partial charge in [0.25, 0.3) is 5.91 Å².